The van der Waals surface area contributed by atoms with Crippen LogP contribution in [0.15, 0.2) is 36.9 Å². The zero-order chi connectivity index (χ0) is 23.2. The third-order valence-corrected chi connectivity index (χ3v) is 9.32. The van der Waals surface area contributed by atoms with Crippen LogP contribution in [-0.2, 0) is 14.4 Å². The van der Waals surface area contributed by atoms with E-state index in [1.54, 1.807) is 30.3 Å². The van der Waals surface area contributed by atoms with Gasteiger partial charge in [0.25, 0.3) is 5.91 Å². The fourth-order valence-electron chi connectivity index (χ4n) is 5.71. The molecule has 9 heteroatoms. The van der Waals surface area contributed by atoms with Gasteiger partial charge in [0.15, 0.2) is 0 Å². The molecule has 1 spiro atoms. The van der Waals surface area contributed by atoms with Crippen LogP contribution in [0.1, 0.15) is 26.2 Å². The summed E-state index contributed by atoms with van der Waals surface area (Å²) in [6, 6.07) is 5.53. The lowest BCUT2D eigenvalue weighted by molar-refractivity contribution is -0.149. The fraction of sp³-hybridized carbons (Fsp3) is 0.522. The molecule has 3 fully saturated rings. The van der Waals surface area contributed by atoms with Crippen LogP contribution >= 0.6 is 23.4 Å². The van der Waals surface area contributed by atoms with Crippen molar-refractivity contribution in [2.75, 3.05) is 18.1 Å². The lowest BCUT2D eigenvalue weighted by Gasteiger charge is -2.39. The maximum atomic E-state index is 14.2. The highest BCUT2D eigenvalue weighted by Gasteiger charge is 2.74. The Labute approximate surface area is 196 Å². The molecule has 0 aromatic heterocycles. The van der Waals surface area contributed by atoms with E-state index in [0.717, 1.165) is 0 Å². The van der Waals surface area contributed by atoms with Crippen molar-refractivity contribution in [3.63, 3.8) is 0 Å². The smallest absolute Gasteiger partial charge is 0.308 e. The topological polar surface area (TPSA) is 98.2 Å². The number of anilines is 1. The van der Waals surface area contributed by atoms with Gasteiger partial charge in [0.2, 0.25) is 5.91 Å². The first-order chi connectivity index (χ1) is 15.3. The molecule has 1 aromatic carbocycles. The zero-order valence-corrected chi connectivity index (χ0v) is 19.4. The number of amides is 2. The normalized spacial score (nSPS) is 31.5. The number of benzene rings is 1. The average Bonchev–Trinajstić information content (AvgIpc) is 3.41. The van der Waals surface area contributed by atoms with Gasteiger partial charge in [0.05, 0.1) is 39.9 Å². The van der Waals surface area contributed by atoms with Crippen molar-refractivity contribution in [1.82, 2.24) is 4.90 Å². The van der Waals surface area contributed by atoms with Crippen molar-refractivity contribution in [3.8, 4) is 0 Å². The van der Waals surface area contributed by atoms with Gasteiger partial charge in [-0.1, -0.05) is 36.7 Å². The highest BCUT2D eigenvalue weighted by molar-refractivity contribution is 8.02. The first kappa shape index (κ1) is 23.1. The van der Waals surface area contributed by atoms with E-state index >= 15 is 0 Å². The lowest BCUT2D eigenvalue weighted by Crippen LogP contribution is -2.57. The minimum Gasteiger partial charge on any atom is -0.481 e. The Morgan fingerprint density at radius 2 is 2.16 bits per heavy atom. The molecular formula is C23H27ClN2O5S. The average molecular weight is 479 g/mol. The van der Waals surface area contributed by atoms with E-state index < -0.39 is 34.6 Å². The number of fused-ring (bicyclic) bond motifs is 1. The summed E-state index contributed by atoms with van der Waals surface area (Å²) < 4.78 is -0.828. The summed E-state index contributed by atoms with van der Waals surface area (Å²) in [7, 11) is 0. The molecule has 2 N–H and O–H groups in total. The van der Waals surface area contributed by atoms with Crippen molar-refractivity contribution in [2.24, 2.45) is 11.8 Å². The number of carbonyl (C=O) groups excluding carboxylic acids is 2. The SMILES string of the molecule is C=CCN(C(=O)C1N([C@@H](CC)CO)C(=O)[C@@H]2[C@@H](C(=O)O)[C@H]3CCC12S3)c1ccccc1Cl. The maximum Gasteiger partial charge on any atom is 0.308 e. The molecule has 0 saturated carbocycles. The molecule has 3 aliphatic heterocycles. The number of aliphatic carboxylic acids is 1. The zero-order valence-electron chi connectivity index (χ0n) is 17.8. The number of nitrogens with zero attached hydrogens (tertiary/aromatic N) is 2. The summed E-state index contributed by atoms with van der Waals surface area (Å²) in [5.41, 5.74) is 0.510. The molecule has 172 valence electrons. The van der Waals surface area contributed by atoms with Crippen LogP contribution < -0.4 is 4.90 Å². The highest BCUT2D eigenvalue weighted by Crippen LogP contribution is 2.66. The minimum atomic E-state index is -0.999. The second-order valence-electron chi connectivity index (χ2n) is 8.57. The predicted molar refractivity (Wildman–Crippen MR) is 124 cm³/mol. The van der Waals surface area contributed by atoms with E-state index in [-0.39, 0.29) is 30.2 Å². The fourth-order valence-corrected chi connectivity index (χ4v) is 8.14. The molecule has 32 heavy (non-hydrogen) atoms. The standard InChI is InChI=1S/C23H27ClN2O5S/c1-3-11-25(15-8-6-5-7-14(15)24)21(29)19-23-10-9-16(32-23)17(22(30)31)18(23)20(28)26(19)13(4-2)12-27/h3,5-8,13,16-19,27H,1,4,9-12H2,2H3,(H,30,31)/t13-,16+,17-,18-,19?,23?/m0/s1. The van der Waals surface area contributed by atoms with Gasteiger partial charge in [-0.2, -0.15) is 0 Å². The number of rotatable bonds is 8. The number of carbonyl (C=O) groups is 3. The van der Waals surface area contributed by atoms with E-state index in [0.29, 0.717) is 30.0 Å². The third-order valence-electron chi connectivity index (χ3n) is 7.05. The molecule has 7 nitrogen and oxygen atoms in total. The molecule has 0 aliphatic carbocycles. The maximum absolute atomic E-state index is 14.2. The van der Waals surface area contributed by atoms with Gasteiger partial charge in [-0.05, 0) is 31.4 Å². The number of likely N-dealkylation sites (tertiary alicyclic amines) is 1. The Morgan fingerprint density at radius 1 is 1.44 bits per heavy atom. The van der Waals surface area contributed by atoms with Gasteiger partial charge in [-0.25, -0.2) is 0 Å². The van der Waals surface area contributed by atoms with Gasteiger partial charge >= 0.3 is 5.97 Å². The van der Waals surface area contributed by atoms with Crippen LogP contribution in [0.4, 0.5) is 5.69 Å². The molecule has 1 aromatic rings. The number of para-hydroxylation sites is 1. The van der Waals surface area contributed by atoms with Gasteiger partial charge in [0, 0.05) is 11.8 Å². The highest BCUT2D eigenvalue weighted by atomic mass is 35.5. The number of aliphatic hydroxyl groups is 1. The predicted octanol–water partition coefficient (Wildman–Crippen LogP) is 2.81. The van der Waals surface area contributed by atoms with Crippen LogP contribution in [0, 0.1) is 11.8 Å². The molecule has 2 bridgehead atoms. The number of thioether (sulfide) groups is 1. The Morgan fingerprint density at radius 3 is 2.75 bits per heavy atom. The van der Waals surface area contributed by atoms with E-state index in [2.05, 4.69) is 6.58 Å². The van der Waals surface area contributed by atoms with E-state index in [4.69, 9.17) is 11.6 Å². The summed E-state index contributed by atoms with van der Waals surface area (Å²) in [6.45, 7) is 5.51. The largest absolute Gasteiger partial charge is 0.481 e. The summed E-state index contributed by atoms with van der Waals surface area (Å²) in [5, 5.41) is 20.1. The molecule has 3 aliphatic rings. The van der Waals surface area contributed by atoms with Crippen molar-refractivity contribution in [1.29, 1.82) is 0 Å². The Balaban J connectivity index is 1.84. The second kappa shape index (κ2) is 8.72. The Bertz CT molecular complexity index is 954. The van der Waals surface area contributed by atoms with Gasteiger partial charge in [-0.15, -0.1) is 18.3 Å². The number of hydrogen-bond donors (Lipinski definition) is 2. The van der Waals surface area contributed by atoms with Crippen LogP contribution in [0.25, 0.3) is 0 Å². The number of halogens is 1. The molecule has 4 rings (SSSR count). The molecule has 6 atom stereocenters. The molecule has 3 saturated heterocycles. The first-order valence-corrected chi connectivity index (χ1v) is 12.1. The summed E-state index contributed by atoms with van der Waals surface area (Å²) >= 11 is 7.88. The first-order valence-electron chi connectivity index (χ1n) is 10.8. The number of aliphatic hydroxyl groups excluding tert-OH is 1. The van der Waals surface area contributed by atoms with Crippen LogP contribution in [0.2, 0.25) is 5.02 Å². The van der Waals surface area contributed by atoms with E-state index in [1.165, 1.54) is 21.6 Å². The number of carboxylic acid groups (broad SMARTS) is 1. The molecule has 0 radical (unpaired) electrons. The van der Waals surface area contributed by atoms with Crippen molar-refractivity contribution >= 4 is 46.8 Å². The summed E-state index contributed by atoms with van der Waals surface area (Å²) in [6.07, 6.45) is 3.28. The minimum absolute atomic E-state index is 0.189. The number of carboxylic acids is 1. The second-order valence-corrected chi connectivity index (χ2v) is 10.6. The van der Waals surface area contributed by atoms with E-state index in [1.807, 2.05) is 6.92 Å². The Hall–Kier alpha value is -2.03. The van der Waals surface area contributed by atoms with Crippen molar-refractivity contribution in [2.45, 2.75) is 48.3 Å². The van der Waals surface area contributed by atoms with Gasteiger partial charge in [0.1, 0.15) is 6.04 Å². The third kappa shape index (κ3) is 3.26. The summed E-state index contributed by atoms with van der Waals surface area (Å²) in [5.74, 6) is -3.27. The van der Waals surface area contributed by atoms with Crippen LogP contribution in [0.3, 0.4) is 0 Å². The lowest BCUT2D eigenvalue weighted by atomic mass is 9.71. The summed E-state index contributed by atoms with van der Waals surface area (Å²) in [4.78, 5) is 42.9. The van der Waals surface area contributed by atoms with E-state index in [9.17, 15) is 24.6 Å². The monoisotopic (exact) mass is 478 g/mol. The number of hydrogen-bond acceptors (Lipinski definition) is 5. The van der Waals surface area contributed by atoms with Crippen molar-refractivity contribution in [3.05, 3.63) is 41.9 Å². The van der Waals surface area contributed by atoms with Crippen molar-refractivity contribution < 1.29 is 24.6 Å². The molecular weight excluding hydrogens is 452 g/mol. The molecule has 2 amide bonds. The van der Waals surface area contributed by atoms with Gasteiger partial charge in [-0.3, -0.25) is 14.4 Å². The molecule has 2 unspecified atom stereocenters. The van der Waals surface area contributed by atoms with Gasteiger partial charge < -0.3 is 20.0 Å². The molecule has 3 heterocycles. The van der Waals surface area contributed by atoms with Crippen LogP contribution in [0.5, 0.6) is 0 Å². The Kier molecular flexibility index (Phi) is 6.31. The quantitative estimate of drug-likeness (QED) is 0.557. The van der Waals surface area contributed by atoms with Crippen LogP contribution in [-0.4, -0.2) is 68.1 Å².